The Kier molecular flexibility index (Phi) is 7.97. The molecule has 1 aliphatic rings. The highest BCUT2D eigenvalue weighted by molar-refractivity contribution is 9.10. The van der Waals surface area contributed by atoms with Crippen LogP contribution in [0.4, 0.5) is 0 Å². The molecule has 0 spiro atoms. The number of ketones is 1. The van der Waals surface area contributed by atoms with Gasteiger partial charge in [0, 0.05) is 16.6 Å². The lowest BCUT2D eigenvalue weighted by atomic mass is 9.94. The molecule has 2 aromatic carbocycles. The summed E-state index contributed by atoms with van der Waals surface area (Å²) < 4.78 is 6.64. The van der Waals surface area contributed by atoms with Gasteiger partial charge in [-0.15, -0.1) is 0 Å². The van der Waals surface area contributed by atoms with Gasteiger partial charge >= 0.3 is 0 Å². The lowest BCUT2D eigenvalue weighted by Gasteiger charge is -2.26. The number of aliphatic hydroxyl groups is 1. The van der Waals surface area contributed by atoms with Gasteiger partial charge in [0.1, 0.15) is 11.5 Å². The van der Waals surface area contributed by atoms with Crippen molar-refractivity contribution in [2.75, 3.05) is 27.2 Å². The molecule has 1 N–H and O–H groups in total. The zero-order valence-electron chi connectivity index (χ0n) is 19.8. The van der Waals surface area contributed by atoms with Crippen LogP contribution in [0.25, 0.3) is 5.76 Å². The molecular formula is C26H31BrN2O4. The number of ether oxygens (including phenoxy) is 1. The second kappa shape index (κ2) is 10.5. The minimum atomic E-state index is -0.660. The first-order valence-corrected chi connectivity index (χ1v) is 11.9. The molecule has 1 heterocycles. The molecule has 0 radical (unpaired) electrons. The Bertz CT molecular complexity index is 1060. The number of rotatable bonds is 8. The zero-order chi connectivity index (χ0) is 24.3. The van der Waals surface area contributed by atoms with E-state index in [1.165, 1.54) is 0 Å². The maximum Gasteiger partial charge on any atom is 0.295 e. The molecule has 0 aromatic heterocycles. The van der Waals surface area contributed by atoms with Crippen molar-refractivity contribution in [2.45, 2.75) is 39.3 Å². The molecule has 2 aromatic rings. The Hall–Kier alpha value is -2.64. The monoisotopic (exact) mass is 514 g/mol. The van der Waals surface area contributed by atoms with Crippen molar-refractivity contribution in [1.29, 1.82) is 0 Å². The maximum atomic E-state index is 13.1. The van der Waals surface area contributed by atoms with E-state index in [9.17, 15) is 14.7 Å². The van der Waals surface area contributed by atoms with E-state index >= 15 is 0 Å². The van der Waals surface area contributed by atoms with E-state index in [4.69, 9.17) is 4.74 Å². The molecule has 3 rings (SSSR count). The van der Waals surface area contributed by atoms with E-state index in [1.807, 2.05) is 70.1 Å². The van der Waals surface area contributed by atoms with Gasteiger partial charge in [-0.2, -0.15) is 0 Å². The fourth-order valence-electron chi connectivity index (χ4n) is 4.05. The Balaban J connectivity index is 2.08. The van der Waals surface area contributed by atoms with Crippen LogP contribution in [0.5, 0.6) is 5.75 Å². The molecule has 1 saturated heterocycles. The van der Waals surface area contributed by atoms with Crippen LogP contribution < -0.4 is 4.74 Å². The molecule has 0 aliphatic carbocycles. The molecule has 1 fully saturated rings. The van der Waals surface area contributed by atoms with Crippen molar-refractivity contribution >= 4 is 33.4 Å². The normalized spacial score (nSPS) is 17.9. The Labute approximate surface area is 204 Å². The van der Waals surface area contributed by atoms with Gasteiger partial charge in [0.15, 0.2) is 0 Å². The van der Waals surface area contributed by atoms with Gasteiger partial charge in [0.25, 0.3) is 11.7 Å². The van der Waals surface area contributed by atoms with Crippen molar-refractivity contribution in [2.24, 2.45) is 0 Å². The van der Waals surface area contributed by atoms with E-state index in [0.717, 1.165) is 22.1 Å². The number of halogens is 1. The molecule has 7 heteroatoms. The third-order valence-electron chi connectivity index (χ3n) is 5.55. The van der Waals surface area contributed by atoms with Crippen LogP contribution in [0.3, 0.4) is 0 Å². The average molecular weight is 515 g/mol. The smallest absolute Gasteiger partial charge is 0.295 e. The van der Waals surface area contributed by atoms with E-state index in [0.29, 0.717) is 24.3 Å². The molecule has 1 aliphatic heterocycles. The lowest BCUT2D eigenvalue weighted by molar-refractivity contribution is -0.139. The largest absolute Gasteiger partial charge is 0.507 e. The summed E-state index contributed by atoms with van der Waals surface area (Å²) in [7, 11) is 3.94. The first-order chi connectivity index (χ1) is 15.6. The molecule has 176 valence electrons. The zero-order valence-corrected chi connectivity index (χ0v) is 21.3. The SMILES string of the molecule is Cc1cc(OC(C)C)ccc1/C(O)=C1\C(=O)C(=O)N(CCCN(C)C)[C@@H]1c1ccc(Br)cc1. The third kappa shape index (κ3) is 5.65. The van der Waals surface area contributed by atoms with Crippen molar-refractivity contribution in [1.82, 2.24) is 9.80 Å². The van der Waals surface area contributed by atoms with E-state index in [2.05, 4.69) is 15.9 Å². The highest BCUT2D eigenvalue weighted by Gasteiger charge is 2.45. The van der Waals surface area contributed by atoms with Crippen molar-refractivity contribution < 1.29 is 19.4 Å². The molecule has 1 atom stereocenters. The Morgan fingerprint density at radius 3 is 2.39 bits per heavy atom. The molecule has 33 heavy (non-hydrogen) atoms. The number of Topliss-reactive ketones (excluding diaryl/α,β-unsaturated/α-hetero) is 1. The standard InChI is InChI=1S/C26H31BrN2O4/c1-16(2)33-20-11-12-21(17(3)15-20)24(30)22-23(18-7-9-19(27)10-8-18)29(26(32)25(22)31)14-6-13-28(4)5/h7-12,15-16,23,30H,6,13-14H2,1-5H3/b24-22+/t23-/m1/s1. The number of hydrogen-bond acceptors (Lipinski definition) is 5. The number of nitrogens with zero attached hydrogens (tertiary/aromatic N) is 2. The highest BCUT2D eigenvalue weighted by Crippen LogP contribution is 2.40. The van der Waals surface area contributed by atoms with Gasteiger partial charge in [0.05, 0.1) is 17.7 Å². The summed E-state index contributed by atoms with van der Waals surface area (Å²) in [6, 6.07) is 12.2. The number of carbonyl (C=O) groups is 2. The minimum Gasteiger partial charge on any atom is -0.507 e. The predicted molar refractivity (Wildman–Crippen MR) is 133 cm³/mol. The number of benzene rings is 2. The van der Waals surface area contributed by atoms with Crippen LogP contribution in [-0.4, -0.2) is 59.9 Å². The van der Waals surface area contributed by atoms with E-state index in [1.54, 1.807) is 17.0 Å². The van der Waals surface area contributed by atoms with Gasteiger partial charge < -0.3 is 19.6 Å². The molecule has 0 unspecified atom stereocenters. The second-order valence-corrected chi connectivity index (χ2v) is 9.76. The predicted octanol–water partition coefficient (Wildman–Crippen LogP) is 4.92. The van der Waals surface area contributed by atoms with Gasteiger partial charge in [-0.3, -0.25) is 9.59 Å². The summed E-state index contributed by atoms with van der Waals surface area (Å²) >= 11 is 3.44. The van der Waals surface area contributed by atoms with E-state index < -0.39 is 17.7 Å². The molecule has 0 saturated carbocycles. The van der Waals surface area contributed by atoms with Gasteiger partial charge in [0.2, 0.25) is 0 Å². The first-order valence-electron chi connectivity index (χ1n) is 11.1. The van der Waals surface area contributed by atoms with Crippen molar-refractivity contribution in [3.8, 4) is 5.75 Å². The first kappa shape index (κ1) is 25.0. The number of aliphatic hydroxyl groups excluding tert-OH is 1. The summed E-state index contributed by atoms with van der Waals surface area (Å²) in [4.78, 5) is 29.8. The van der Waals surface area contributed by atoms with Crippen LogP contribution >= 0.6 is 15.9 Å². The number of hydrogen-bond donors (Lipinski definition) is 1. The fraction of sp³-hybridized carbons (Fsp3) is 0.385. The average Bonchev–Trinajstić information content (AvgIpc) is 2.98. The number of likely N-dealkylation sites (tertiary alicyclic amines) is 1. The number of carbonyl (C=O) groups excluding carboxylic acids is 2. The van der Waals surface area contributed by atoms with Crippen LogP contribution in [0.1, 0.15) is 43.0 Å². The quantitative estimate of drug-likeness (QED) is 0.307. The topological polar surface area (TPSA) is 70.1 Å². The lowest BCUT2D eigenvalue weighted by Crippen LogP contribution is -2.32. The summed E-state index contributed by atoms with van der Waals surface area (Å²) in [5, 5.41) is 11.3. The van der Waals surface area contributed by atoms with Gasteiger partial charge in [-0.05, 0) is 89.3 Å². The van der Waals surface area contributed by atoms with Crippen LogP contribution in [-0.2, 0) is 9.59 Å². The highest BCUT2D eigenvalue weighted by atomic mass is 79.9. The fourth-order valence-corrected chi connectivity index (χ4v) is 4.32. The van der Waals surface area contributed by atoms with Crippen LogP contribution in [0, 0.1) is 6.92 Å². The maximum absolute atomic E-state index is 13.1. The van der Waals surface area contributed by atoms with Gasteiger partial charge in [-0.25, -0.2) is 0 Å². The van der Waals surface area contributed by atoms with E-state index in [-0.39, 0.29) is 17.4 Å². The summed E-state index contributed by atoms with van der Waals surface area (Å²) in [6.07, 6.45) is 0.738. The molecule has 1 amide bonds. The van der Waals surface area contributed by atoms with Crippen LogP contribution in [0.15, 0.2) is 52.5 Å². The Morgan fingerprint density at radius 2 is 1.82 bits per heavy atom. The summed E-state index contributed by atoms with van der Waals surface area (Å²) in [6.45, 7) is 6.94. The molecule has 0 bridgehead atoms. The third-order valence-corrected chi connectivity index (χ3v) is 6.08. The van der Waals surface area contributed by atoms with Crippen molar-refractivity contribution in [3.63, 3.8) is 0 Å². The Morgan fingerprint density at radius 1 is 1.15 bits per heavy atom. The van der Waals surface area contributed by atoms with Gasteiger partial charge in [-0.1, -0.05) is 28.1 Å². The van der Waals surface area contributed by atoms with Crippen molar-refractivity contribution in [3.05, 3.63) is 69.2 Å². The van der Waals surface area contributed by atoms with Crippen LogP contribution in [0.2, 0.25) is 0 Å². The summed E-state index contributed by atoms with van der Waals surface area (Å²) in [5.41, 5.74) is 2.17. The molecule has 6 nitrogen and oxygen atoms in total. The number of aryl methyl sites for hydroxylation is 1. The number of amides is 1. The molecular weight excluding hydrogens is 484 g/mol. The second-order valence-electron chi connectivity index (χ2n) is 8.84. The minimum absolute atomic E-state index is 0.0220. The summed E-state index contributed by atoms with van der Waals surface area (Å²) in [5.74, 6) is -0.717.